The lowest BCUT2D eigenvalue weighted by Gasteiger charge is -2.42. The summed E-state index contributed by atoms with van der Waals surface area (Å²) in [6.45, 7) is 3.83. The summed E-state index contributed by atoms with van der Waals surface area (Å²) >= 11 is 8.81. The first-order chi connectivity index (χ1) is 16.3. The highest BCUT2D eigenvalue weighted by Crippen LogP contribution is 2.68. The van der Waals surface area contributed by atoms with Crippen molar-refractivity contribution in [3.05, 3.63) is 38.9 Å². The Bertz CT molecular complexity index is 1240. The molecule has 3 fully saturated rings. The van der Waals surface area contributed by atoms with Crippen LogP contribution in [-0.4, -0.2) is 49.0 Å². The van der Waals surface area contributed by atoms with E-state index in [0.29, 0.717) is 0 Å². The van der Waals surface area contributed by atoms with Gasteiger partial charge in [0.05, 0.1) is 16.9 Å². The molecule has 7 nitrogen and oxygen atoms in total. The normalized spacial score (nSPS) is 34.3. The van der Waals surface area contributed by atoms with Gasteiger partial charge in [-0.2, -0.15) is 0 Å². The van der Waals surface area contributed by atoms with Gasteiger partial charge in [0.25, 0.3) is 0 Å². The van der Waals surface area contributed by atoms with E-state index >= 15 is 0 Å². The Morgan fingerprint density at radius 1 is 1.29 bits per heavy atom. The van der Waals surface area contributed by atoms with Crippen LogP contribution < -0.4 is 0 Å². The summed E-state index contributed by atoms with van der Waals surface area (Å²) in [6, 6.07) is 2.92. The molecule has 0 aromatic carbocycles. The molecule has 4 heterocycles. The zero-order valence-corrected chi connectivity index (χ0v) is 21.2. The third kappa shape index (κ3) is 3.10. The molecular weight excluding hydrogens is 490 g/mol. The van der Waals surface area contributed by atoms with E-state index in [1.54, 1.807) is 29.3 Å². The van der Waals surface area contributed by atoms with Gasteiger partial charge in [-0.1, -0.05) is 19.9 Å². The van der Waals surface area contributed by atoms with Crippen molar-refractivity contribution in [3.63, 3.8) is 0 Å². The third-order valence-electron chi connectivity index (χ3n) is 8.09. The number of nitrogens with zero attached hydrogens (tertiary/aromatic N) is 2. The number of carbonyl (C=O) groups excluding carboxylic acids is 2. The topological polar surface area (TPSA) is 103 Å². The second kappa shape index (κ2) is 7.99. The zero-order valence-electron chi connectivity index (χ0n) is 18.7. The van der Waals surface area contributed by atoms with E-state index in [9.17, 15) is 19.5 Å². The summed E-state index contributed by atoms with van der Waals surface area (Å²) in [5.41, 5.74) is 1.10. The van der Waals surface area contributed by atoms with Crippen LogP contribution in [0.1, 0.15) is 43.0 Å². The van der Waals surface area contributed by atoms with E-state index in [-0.39, 0.29) is 53.1 Å². The second-order valence-electron chi connectivity index (χ2n) is 10.3. The molecule has 1 saturated heterocycles. The summed E-state index contributed by atoms with van der Waals surface area (Å²) in [5, 5.41) is 11.1. The number of carbonyl (C=O) groups is 3. The number of thiazole rings is 1. The SMILES string of the molecule is CC(C)CC(C(=O)O)N1C(=O)C2C3CC(C2C1=O)C1C(c2cccnc2)c2sc(=S)[nH]c2SC31. The molecule has 2 aromatic rings. The predicted molar refractivity (Wildman–Crippen MR) is 130 cm³/mol. The van der Waals surface area contributed by atoms with E-state index in [0.717, 1.165) is 25.9 Å². The van der Waals surface area contributed by atoms with Gasteiger partial charge < -0.3 is 10.1 Å². The fourth-order valence-electron chi connectivity index (χ4n) is 7.04. The zero-order chi connectivity index (χ0) is 23.9. The number of aromatic nitrogens is 2. The fourth-order valence-corrected chi connectivity index (χ4v) is 10.4. The smallest absolute Gasteiger partial charge is 0.326 e. The van der Waals surface area contributed by atoms with Crippen LogP contribution in [0.4, 0.5) is 0 Å². The number of carboxylic acid groups (broad SMARTS) is 1. The molecule has 0 radical (unpaired) electrons. The van der Waals surface area contributed by atoms with Crippen molar-refractivity contribution in [1.82, 2.24) is 14.9 Å². The first kappa shape index (κ1) is 22.4. The van der Waals surface area contributed by atoms with Crippen LogP contribution in [0.25, 0.3) is 0 Å². The lowest BCUT2D eigenvalue weighted by Crippen LogP contribution is -2.47. The Kier molecular flexibility index (Phi) is 5.27. The number of fused-ring (bicyclic) bond motifs is 9. The lowest BCUT2D eigenvalue weighted by molar-refractivity contribution is -0.156. The molecule has 2 aliphatic carbocycles. The molecule has 6 rings (SSSR count). The summed E-state index contributed by atoms with van der Waals surface area (Å²) in [4.78, 5) is 49.4. The van der Waals surface area contributed by atoms with Gasteiger partial charge in [0.1, 0.15) is 6.04 Å². The molecule has 178 valence electrons. The van der Waals surface area contributed by atoms with Crippen molar-refractivity contribution in [2.24, 2.45) is 35.5 Å². The molecule has 4 aliphatic rings. The Morgan fingerprint density at radius 3 is 2.68 bits per heavy atom. The average Bonchev–Trinajstić information content (AvgIpc) is 3.51. The fraction of sp³-hybridized carbons (Fsp3) is 0.542. The van der Waals surface area contributed by atoms with Gasteiger partial charge in [-0.25, -0.2) is 4.79 Å². The highest BCUT2D eigenvalue weighted by molar-refractivity contribution is 8.00. The van der Waals surface area contributed by atoms with E-state index in [2.05, 4.69) is 16.0 Å². The molecule has 2 amide bonds. The van der Waals surface area contributed by atoms with Crippen molar-refractivity contribution >= 4 is 53.1 Å². The molecular formula is C24H25N3O4S3. The quantitative estimate of drug-likeness (QED) is 0.455. The van der Waals surface area contributed by atoms with E-state index in [1.165, 1.54) is 4.88 Å². The van der Waals surface area contributed by atoms with Gasteiger partial charge in [0.2, 0.25) is 11.8 Å². The molecule has 8 atom stereocenters. The van der Waals surface area contributed by atoms with Crippen LogP contribution in [0.2, 0.25) is 0 Å². The summed E-state index contributed by atoms with van der Waals surface area (Å²) in [5.74, 6) is -2.12. The minimum atomic E-state index is -1.10. The number of likely N-dealkylation sites (tertiary alicyclic amines) is 1. The number of aromatic amines is 1. The number of amides is 2. The minimum absolute atomic E-state index is 0.0384. The highest BCUT2D eigenvalue weighted by Gasteiger charge is 2.70. The summed E-state index contributed by atoms with van der Waals surface area (Å²) < 4.78 is 0.732. The minimum Gasteiger partial charge on any atom is -0.480 e. The Hall–Kier alpha value is -2.04. The van der Waals surface area contributed by atoms with Crippen molar-refractivity contribution in [3.8, 4) is 0 Å². The van der Waals surface area contributed by atoms with Gasteiger partial charge in [-0.15, -0.1) is 23.1 Å². The van der Waals surface area contributed by atoms with Crippen LogP contribution in [0.3, 0.4) is 0 Å². The molecule has 10 heteroatoms. The van der Waals surface area contributed by atoms with Gasteiger partial charge in [-0.05, 0) is 60.4 Å². The number of H-pyrrole nitrogens is 1. The number of pyridine rings is 1. The van der Waals surface area contributed by atoms with Gasteiger partial charge in [0, 0.05) is 28.4 Å². The van der Waals surface area contributed by atoms with Crippen molar-refractivity contribution in [1.29, 1.82) is 0 Å². The number of carboxylic acids is 1. The van der Waals surface area contributed by atoms with Crippen LogP contribution in [0.5, 0.6) is 0 Å². The van der Waals surface area contributed by atoms with Crippen LogP contribution in [0.15, 0.2) is 29.6 Å². The van der Waals surface area contributed by atoms with Gasteiger partial charge in [0.15, 0.2) is 3.95 Å². The molecule has 8 unspecified atom stereocenters. The van der Waals surface area contributed by atoms with E-state index in [4.69, 9.17) is 12.2 Å². The summed E-state index contributed by atoms with van der Waals surface area (Å²) in [6.07, 6.45) is 4.75. The molecule has 2 N–H and O–H groups in total. The van der Waals surface area contributed by atoms with Crippen molar-refractivity contribution < 1.29 is 19.5 Å². The molecule has 2 aliphatic heterocycles. The molecule has 2 bridgehead atoms. The number of nitrogens with one attached hydrogen (secondary N) is 1. The third-order valence-corrected chi connectivity index (χ3v) is 11.0. The molecule has 34 heavy (non-hydrogen) atoms. The largest absolute Gasteiger partial charge is 0.480 e. The van der Waals surface area contributed by atoms with Crippen LogP contribution in [-0.2, 0) is 14.4 Å². The number of rotatable bonds is 5. The number of hydrogen-bond acceptors (Lipinski definition) is 7. The standard InChI is InChI=1S/C24H25N3O4S3/c1-9(2)6-13(23(30)31)27-21(28)16-11-7-12(17(16)22(27)29)18-15(11)14(10-4-3-5-25-8-10)19-20(33-18)26-24(32)34-19/h3-5,8-9,11-18H,6-7H2,1-2H3,(H,26,32)(H,30,31). The van der Waals surface area contributed by atoms with Crippen molar-refractivity contribution in [2.75, 3.05) is 0 Å². The first-order valence-corrected chi connectivity index (χ1v) is 13.8. The first-order valence-electron chi connectivity index (χ1n) is 11.7. The number of thioether (sulfide) groups is 1. The van der Waals surface area contributed by atoms with Crippen LogP contribution >= 0.6 is 35.3 Å². The lowest BCUT2D eigenvalue weighted by atomic mass is 9.68. The maximum Gasteiger partial charge on any atom is 0.326 e. The maximum atomic E-state index is 13.7. The Morgan fingerprint density at radius 2 is 2.03 bits per heavy atom. The average molecular weight is 516 g/mol. The Labute approximate surface area is 210 Å². The Balaban J connectivity index is 1.42. The molecule has 2 saturated carbocycles. The van der Waals surface area contributed by atoms with E-state index in [1.807, 2.05) is 26.1 Å². The van der Waals surface area contributed by atoms with Gasteiger partial charge in [-0.3, -0.25) is 19.5 Å². The number of aliphatic carboxylic acids is 1. The monoisotopic (exact) mass is 515 g/mol. The predicted octanol–water partition coefficient (Wildman–Crippen LogP) is 4.17. The molecule has 0 spiro atoms. The van der Waals surface area contributed by atoms with E-state index < -0.39 is 23.8 Å². The van der Waals surface area contributed by atoms with Crippen molar-refractivity contribution in [2.45, 2.75) is 48.9 Å². The number of hydrogen-bond donors (Lipinski definition) is 2. The summed E-state index contributed by atoms with van der Waals surface area (Å²) in [7, 11) is 0. The number of imide groups is 1. The van der Waals surface area contributed by atoms with Crippen LogP contribution in [0, 0.1) is 39.5 Å². The van der Waals surface area contributed by atoms with Gasteiger partial charge >= 0.3 is 5.97 Å². The molecule has 2 aromatic heterocycles. The second-order valence-corrected chi connectivity index (χ2v) is 13.2. The highest BCUT2D eigenvalue weighted by atomic mass is 32.2. The maximum absolute atomic E-state index is 13.7.